The van der Waals surface area contributed by atoms with E-state index in [0.717, 1.165) is 18.2 Å². The van der Waals surface area contributed by atoms with Gasteiger partial charge in [0.1, 0.15) is 5.60 Å². The van der Waals surface area contributed by atoms with Crippen molar-refractivity contribution in [1.29, 1.82) is 0 Å². The van der Waals surface area contributed by atoms with Gasteiger partial charge >= 0.3 is 0 Å². The second-order valence-corrected chi connectivity index (χ2v) is 3.52. The summed E-state index contributed by atoms with van der Waals surface area (Å²) in [5.74, 6) is -2.76. The molecule has 0 aromatic heterocycles. The first-order valence-corrected chi connectivity index (χ1v) is 4.04. The fourth-order valence-electron chi connectivity index (χ4n) is 0.991. The molecule has 2 nitrogen and oxygen atoms in total. The van der Waals surface area contributed by atoms with Crippen LogP contribution in [0.1, 0.15) is 24.2 Å². The summed E-state index contributed by atoms with van der Waals surface area (Å²) >= 11 is 0. The SMILES string of the molecule is CC(C)(O)C(=O)c1ccc(F)c(F)c1. The van der Waals surface area contributed by atoms with Crippen LogP contribution in [0, 0.1) is 11.6 Å². The van der Waals surface area contributed by atoms with Crippen molar-refractivity contribution < 1.29 is 18.7 Å². The lowest BCUT2D eigenvalue weighted by Crippen LogP contribution is -2.31. The molecule has 0 aliphatic heterocycles. The van der Waals surface area contributed by atoms with Crippen molar-refractivity contribution in [3.63, 3.8) is 0 Å². The van der Waals surface area contributed by atoms with E-state index in [4.69, 9.17) is 0 Å². The molecule has 0 unspecified atom stereocenters. The number of halogens is 2. The van der Waals surface area contributed by atoms with Crippen LogP contribution in [0.5, 0.6) is 0 Å². The summed E-state index contributed by atoms with van der Waals surface area (Å²) in [6.07, 6.45) is 0. The van der Waals surface area contributed by atoms with Gasteiger partial charge in [0.05, 0.1) is 0 Å². The first-order valence-electron chi connectivity index (χ1n) is 4.04. The monoisotopic (exact) mass is 200 g/mol. The molecule has 0 spiro atoms. The molecule has 0 saturated heterocycles. The molecular formula is C10H10F2O2. The van der Waals surface area contributed by atoms with Gasteiger partial charge in [-0.05, 0) is 32.0 Å². The molecule has 1 rings (SSSR count). The largest absolute Gasteiger partial charge is 0.382 e. The maximum atomic E-state index is 12.7. The van der Waals surface area contributed by atoms with E-state index in [1.54, 1.807) is 0 Å². The van der Waals surface area contributed by atoms with Crippen molar-refractivity contribution in [3.8, 4) is 0 Å². The Morgan fingerprint density at radius 3 is 2.29 bits per heavy atom. The topological polar surface area (TPSA) is 37.3 Å². The first-order chi connectivity index (χ1) is 6.32. The van der Waals surface area contributed by atoms with E-state index >= 15 is 0 Å². The normalized spacial score (nSPS) is 11.5. The van der Waals surface area contributed by atoms with Crippen molar-refractivity contribution in [1.82, 2.24) is 0 Å². The van der Waals surface area contributed by atoms with Crippen molar-refractivity contribution in [2.24, 2.45) is 0 Å². The van der Waals surface area contributed by atoms with Gasteiger partial charge in [-0.1, -0.05) is 0 Å². The van der Waals surface area contributed by atoms with Gasteiger partial charge in [-0.2, -0.15) is 0 Å². The van der Waals surface area contributed by atoms with E-state index in [2.05, 4.69) is 0 Å². The average Bonchev–Trinajstić information content (AvgIpc) is 2.07. The molecule has 1 aromatic carbocycles. The highest BCUT2D eigenvalue weighted by Crippen LogP contribution is 2.15. The fourth-order valence-corrected chi connectivity index (χ4v) is 0.991. The zero-order valence-corrected chi connectivity index (χ0v) is 7.84. The van der Waals surface area contributed by atoms with Gasteiger partial charge in [-0.15, -0.1) is 0 Å². The third-order valence-corrected chi connectivity index (χ3v) is 1.74. The maximum Gasteiger partial charge on any atom is 0.193 e. The van der Waals surface area contributed by atoms with Gasteiger partial charge in [0.2, 0.25) is 0 Å². The van der Waals surface area contributed by atoms with Gasteiger partial charge in [0.15, 0.2) is 17.4 Å². The standard InChI is InChI=1S/C10H10F2O2/c1-10(2,14)9(13)6-3-4-7(11)8(12)5-6/h3-5,14H,1-2H3. The Balaban J connectivity index is 3.10. The van der Waals surface area contributed by atoms with Gasteiger partial charge in [-0.25, -0.2) is 8.78 Å². The quantitative estimate of drug-likeness (QED) is 0.740. The molecule has 14 heavy (non-hydrogen) atoms. The van der Waals surface area contributed by atoms with Crippen LogP contribution >= 0.6 is 0 Å². The number of hydrogen-bond acceptors (Lipinski definition) is 2. The van der Waals surface area contributed by atoms with E-state index in [9.17, 15) is 18.7 Å². The molecule has 0 amide bonds. The Labute approximate surface area is 80.2 Å². The molecule has 4 heteroatoms. The summed E-state index contributed by atoms with van der Waals surface area (Å²) in [6.45, 7) is 2.58. The van der Waals surface area contributed by atoms with Crippen LogP contribution in [0.3, 0.4) is 0 Å². The van der Waals surface area contributed by atoms with Crippen LogP contribution in [0.15, 0.2) is 18.2 Å². The Hall–Kier alpha value is -1.29. The first kappa shape index (κ1) is 10.8. The number of Topliss-reactive ketones (excluding diaryl/α,β-unsaturated/α-hetero) is 1. The Morgan fingerprint density at radius 1 is 1.29 bits per heavy atom. The molecule has 0 bridgehead atoms. The predicted octanol–water partition coefficient (Wildman–Crippen LogP) is 1.92. The van der Waals surface area contributed by atoms with Crippen molar-refractivity contribution in [3.05, 3.63) is 35.4 Å². The minimum Gasteiger partial charge on any atom is -0.382 e. The molecule has 1 aromatic rings. The number of ketones is 1. The van der Waals surface area contributed by atoms with Gasteiger partial charge in [0.25, 0.3) is 0 Å². The van der Waals surface area contributed by atoms with Crippen LogP contribution in [-0.4, -0.2) is 16.5 Å². The molecule has 0 aliphatic rings. The zero-order chi connectivity index (χ0) is 10.9. The summed E-state index contributed by atoms with van der Waals surface area (Å²) in [4.78, 5) is 11.4. The summed E-state index contributed by atoms with van der Waals surface area (Å²) in [6, 6.07) is 2.77. The van der Waals surface area contributed by atoms with Gasteiger partial charge in [-0.3, -0.25) is 4.79 Å². The van der Waals surface area contributed by atoms with Crippen molar-refractivity contribution in [2.45, 2.75) is 19.4 Å². The number of carbonyl (C=O) groups excluding carboxylic acids is 1. The summed E-state index contributed by atoms with van der Waals surface area (Å²) in [5, 5.41) is 9.33. The molecular weight excluding hydrogens is 190 g/mol. The lowest BCUT2D eigenvalue weighted by atomic mass is 9.97. The molecule has 0 fully saturated rings. The van der Waals surface area contributed by atoms with Crippen molar-refractivity contribution in [2.75, 3.05) is 0 Å². The summed E-state index contributed by atoms with van der Waals surface area (Å²) in [7, 11) is 0. The van der Waals surface area contributed by atoms with Crippen LogP contribution < -0.4 is 0 Å². The number of benzene rings is 1. The lowest BCUT2D eigenvalue weighted by Gasteiger charge is -2.15. The molecule has 76 valence electrons. The van der Waals surface area contributed by atoms with E-state index in [1.165, 1.54) is 13.8 Å². The fraction of sp³-hybridized carbons (Fsp3) is 0.300. The Kier molecular flexibility index (Phi) is 2.66. The van der Waals surface area contributed by atoms with Crippen molar-refractivity contribution >= 4 is 5.78 Å². The highest BCUT2D eigenvalue weighted by atomic mass is 19.2. The van der Waals surface area contributed by atoms with Gasteiger partial charge in [0, 0.05) is 5.56 Å². The minimum atomic E-state index is -1.58. The molecule has 1 N–H and O–H groups in total. The van der Waals surface area contributed by atoms with Crippen LogP contribution in [0.2, 0.25) is 0 Å². The molecule has 0 saturated carbocycles. The van der Waals surface area contributed by atoms with Crippen LogP contribution in [0.4, 0.5) is 8.78 Å². The maximum absolute atomic E-state index is 12.7. The number of carbonyl (C=O) groups is 1. The molecule has 0 heterocycles. The highest BCUT2D eigenvalue weighted by molar-refractivity contribution is 6.01. The zero-order valence-electron chi connectivity index (χ0n) is 7.84. The summed E-state index contributed by atoms with van der Waals surface area (Å²) < 4.78 is 25.2. The summed E-state index contributed by atoms with van der Waals surface area (Å²) in [5.41, 5.74) is -1.62. The Morgan fingerprint density at radius 2 is 1.86 bits per heavy atom. The smallest absolute Gasteiger partial charge is 0.193 e. The van der Waals surface area contributed by atoms with E-state index in [-0.39, 0.29) is 5.56 Å². The third kappa shape index (κ3) is 2.14. The lowest BCUT2D eigenvalue weighted by molar-refractivity contribution is 0.0487. The second kappa shape index (κ2) is 3.46. The molecule has 0 atom stereocenters. The minimum absolute atomic E-state index is 0.0450. The van der Waals surface area contributed by atoms with E-state index < -0.39 is 23.0 Å². The predicted molar refractivity (Wildman–Crippen MR) is 47.0 cm³/mol. The molecule has 0 aliphatic carbocycles. The van der Waals surface area contributed by atoms with Crippen LogP contribution in [-0.2, 0) is 0 Å². The Bertz CT molecular complexity index is 367. The van der Waals surface area contributed by atoms with Gasteiger partial charge < -0.3 is 5.11 Å². The van der Waals surface area contributed by atoms with E-state index in [1.807, 2.05) is 0 Å². The van der Waals surface area contributed by atoms with Crippen LogP contribution in [0.25, 0.3) is 0 Å². The number of rotatable bonds is 2. The number of hydrogen-bond donors (Lipinski definition) is 1. The third-order valence-electron chi connectivity index (χ3n) is 1.74. The average molecular weight is 200 g/mol. The van der Waals surface area contributed by atoms with E-state index in [0.29, 0.717) is 0 Å². The molecule has 0 radical (unpaired) electrons. The second-order valence-electron chi connectivity index (χ2n) is 3.52. The highest BCUT2D eigenvalue weighted by Gasteiger charge is 2.25. The number of aliphatic hydroxyl groups is 1.